The molecular formula is C50H92O12S. The summed E-state index contributed by atoms with van der Waals surface area (Å²) >= 11 is 0. The van der Waals surface area contributed by atoms with Gasteiger partial charge in [-0.1, -0.05) is 172 Å². The van der Waals surface area contributed by atoms with E-state index in [9.17, 15) is 33.1 Å². The molecule has 63 heavy (non-hydrogen) atoms. The first-order valence-electron chi connectivity index (χ1n) is 25.2. The normalized spacial score (nSPS) is 20.1. The number of unbranched alkanes of at least 4 members (excludes halogenated alkanes) is 25. The Morgan fingerprint density at radius 3 is 1.52 bits per heavy atom. The minimum absolute atomic E-state index is 0.0312. The number of ether oxygens (including phenoxy) is 4. The van der Waals surface area contributed by atoms with Crippen molar-refractivity contribution < 1.29 is 56.2 Å². The van der Waals surface area contributed by atoms with Gasteiger partial charge in [0.05, 0.1) is 19.8 Å². The van der Waals surface area contributed by atoms with E-state index < -0.39 is 59.8 Å². The number of rotatable bonds is 44. The monoisotopic (exact) mass is 917 g/mol. The molecule has 0 spiro atoms. The lowest BCUT2D eigenvalue weighted by Gasteiger charge is -2.41. The van der Waals surface area contributed by atoms with Crippen LogP contribution in [0, 0.1) is 0 Å². The van der Waals surface area contributed by atoms with Crippen molar-refractivity contribution in [3.8, 4) is 0 Å². The van der Waals surface area contributed by atoms with Gasteiger partial charge in [-0.25, -0.2) is 4.18 Å². The zero-order chi connectivity index (χ0) is 46.1. The number of aliphatic hydroxyl groups is 3. The van der Waals surface area contributed by atoms with E-state index in [4.69, 9.17) is 18.9 Å². The molecule has 0 aliphatic carbocycles. The van der Waals surface area contributed by atoms with Crippen LogP contribution in [0.5, 0.6) is 0 Å². The third-order valence-corrected chi connectivity index (χ3v) is 12.0. The lowest BCUT2D eigenvalue weighted by atomic mass is 9.99. The molecule has 6 atom stereocenters. The Bertz CT molecular complexity index is 1240. The molecule has 1 aliphatic heterocycles. The van der Waals surface area contributed by atoms with Gasteiger partial charge in [-0.2, -0.15) is 8.42 Å². The van der Waals surface area contributed by atoms with Crippen LogP contribution < -0.4 is 0 Å². The van der Waals surface area contributed by atoms with Gasteiger partial charge in [-0.05, 0) is 70.6 Å². The van der Waals surface area contributed by atoms with Crippen molar-refractivity contribution in [1.29, 1.82) is 0 Å². The zero-order valence-corrected chi connectivity index (χ0v) is 40.5. The second kappa shape index (κ2) is 41.7. The van der Waals surface area contributed by atoms with Gasteiger partial charge in [-0.3, -0.25) is 9.35 Å². The topological polar surface area (TPSA) is 178 Å². The van der Waals surface area contributed by atoms with Crippen LogP contribution in [0.25, 0.3) is 0 Å². The minimum Gasteiger partial charge on any atom is -0.457 e. The molecule has 0 radical (unpaired) electrons. The molecule has 1 heterocycles. The maximum atomic E-state index is 12.9. The fourth-order valence-corrected chi connectivity index (χ4v) is 8.15. The standard InChI is InChI=1S/C50H92O12S/c1-3-5-7-9-11-13-15-17-19-20-21-22-23-24-25-27-29-31-33-35-37-39-46(52)60-44(43-59-50-48(54)49(62-63(55,56)57)47(53)45(41-51)61-50)42-58-40-38-36-34-32-30-28-26-18-16-14-12-10-8-6-4-2/h15-18,20-21,44-45,47-51,53-54H,3-14,19,22-43H2,1-2H3,(H,55,56,57)/b17-15-,18-16-,21-20-. The largest absolute Gasteiger partial charge is 0.457 e. The summed E-state index contributed by atoms with van der Waals surface area (Å²) in [4.78, 5) is 12.9. The Kier molecular flexibility index (Phi) is 39.3. The van der Waals surface area contributed by atoms with Crippen LogP contribution in [0.2, 0.25) is 0 Å². The van der Waals surface area contributed by atoms with Crippen LogP contribution in [-0.4, -0.2) is 97.5 Å². The highest BCUT2D eigenvalue weighted by Gasteiger charge is 2.48. The highest BCUT2D eigenvalue weighted by atomic mass is 32.3. The lowest BCUT2D eigenvalue weighted by molar-refractivity contribution is -0.301. The molecule has 1 rings (SSSR count). The Balaban J connectivity index is 2.37. The number of hydrogen-bond acceptors (Lipinski definition) is 11. The van der Waals surface area contributed by atoms with Gasteiger partial charge in [-0.15, -0.1) is 0 Å². The molecule has 1 aliphatic rings. The average molecular weight is 917 g/mol. The predicted octanol–water partition coefficient (Wildman–Crippen LogP) is 11.4. The highest BCUT2D eigenvalue weighted by molar-refractivity contribution is 7.80. The third-order valence-electron chi connectivity index (χ3n) is 11.5. The molecule has 0 aromatic heterocycles. The Hall–Kier alpha value is -1.68. The van der Waals surface area contributed by atoms with E-state index in [-0.39, 0.29) is 19.6 Å². The summed E-state index contributed by atoms with van der Waals surface area (Å²) in [5.41, 5.74) is 0. The quantitative estimate of drug-likeness (QED) is 0.0197. The van der Waals surface area contributed by atoms with E-state index >= 15 is 0 Å². The molecule has 6 unspecified atom stereocenters. The second-order valence-electron chi connectivity index (χ2n) is 17.4. The van der Waals surface area contributed by atoms with Gasteiger partial charge < -0.3 is 34.3 Å². The van der Waals surface area contributed by atoms with E-state index in [1.165, 1.54) is 128 Å². The third kappa shape index (κ3) is 35.2. The van der Waals surface area contributed by atoms with Crippen LogP contribution in [0.4, 0.5) is 0 Å². The van der Waals surface area contributed by atoms with Crippen LogP contribution in [0.15, 0.2) is 36.5 Å². The van der Waals surface area contributed by atoms with Crippen molar-refractivity contribution in [2.24, 2.45) is 0 Å². The molecule has 12 nitrogen and oxygen atoms in total. The first kappa shape index (κ1) is 59.3. The van der Waals surface area contributed by atoms with Gasteiger partial charge >= 0.3 is 16.4 Å². The fraction of sp³-hybridized carbons (Fsp3) is 0.860. The molecule has 1 saturated heterocycles. The number of carbonyl (C=O) groups is 1. The van der Waals surface area contributed by atoms with Crippen molar-refractivity contribution in [3.63, 3.8) is 0 Å². The summed E-state index contributed by atoms with van der Waals surface area (Å²) in [5.74, 6) is -0.404. The van der Waals surface area contributed by atoms with Crippen molar-refractivity contribution in [2.45, 2.75) is 250 Å². The van der Waals surface area contributed by atoms with E-state index in [1.807, 2.05) is 0 Å². The van der Waals surface area contributed by atoms with Gasteiger partial charge in [0, 0.05) is 13.0 Å². The van der Waals surface area contributed by atoms with E-state index in [0.717, 1.165) is 57.8 Å². The van der Waals surface area contributed by atoms with Crippen molar-refractivity contribution in [1.82, 2.24) is 0 Å². The maximum absolute atomic E-state index is 12.9. The SMILES string of the molecule is CCCCCCC/C=C\C/C=C\CCCCCCCCCCCC(=O)OC(COCCCCCCCC/C=C\CCCCCCC)COC1OC(CO)C(O)C(OS(=O)(=O)O)C1O. The molecule has 13 heteroatoms. The first-order valence-corrected chi connectivity index (χ1v) is 26.6. The predicted molar refractivity (Wildman–Crippen MR) is 253 cm³/mol. The number of allylic oxidation sites excluding steroid dienone is 6. The molecule has 4 N–H and O–H groups in total. The van der Waals surface area contributed by atoms with Gasteiger partial charge in [0.15, 0.2) is 6.29 Å². The lowest BCUT2D eigenvalue weighted by Crippen LogP contribution is -2.60. The van der Waals surface area contributed by atoms with Crippen LogP contribution >= 0.6 is 0 Å². The molecular weight excluding hydrogens is 825 g/mol. The summed E-state index contributed by atoms with van der Waals surface area (Å²) in [6.45, 7) is 3.97. The summed E-state index contributed by atoms with van der Waals surface area (Å²) in [6.07, 6.45) is 40.3. The first-order chi connectivity index (χ1) is 30.6. The molecule has 0 aromatic rings. The molecule has 370 valence electrons. The van der Waals surface area contributed by atoms with E-state index in [0.29, 0.717) is 13.0 Å². The number of carbonyl (C=O) groups excluding carboxylic acids is 1. The van der Waals surface area contributed by atoms with Crippen molar-refractivity contribution in [3.05, 3.63) is 36.5 Å². The zero-order valence-electron chi connectivity index (χ0n) is 39.6. The summed E-state index contributed by atoms with van der Waals surface area (Å²) in [6, 6.07) is 0. The Labute approximate surface area is 383 Å². The summed E-state index contributed by atoms with van der Waals surface area (Å²) in [5, 5.41) is 30.7. The van der Waals surface area contributed by atoms with Gasteiger partial charge in [0.25, 0.3) is 0 Å². The van der Waals surface area contributed by atoms with Gasteiger partial charge in [0.1, 0.15) is 30.5 Å². The second-order valence-corrected chi connectivity index (χ2v) is 18.4. The Morgan fingerprint density at radius 1 is 0.603 bits per heavy atom. The minimum atomic E-state index is -5.06. The molecule has 1 fully saturated rings. The van der Waals surface area contributed by atoms with E-state index in [1.54, 1.807) is 0 Å². The number of hydrogen-bond donors (Lipinski definition) is 4. The summed E-state index contributed by atoms with van der Waals surface area (Å²) in [7, 11) is -5.06. The Morgan fingerprint density at radius 2 is 1.05 bits per heavy atom. The smallest absolute Gasteiger partial charge is 0.397 e. The van der Waals surface area contributed by atoms with E-state index in [2.05, 4.69) is 54.5 Å². The summed E-state index contributed by atoms with van der Waals surface area (Å²) < 4.78 is 59.2. The average Bonchev–Trinajstić information content (AvgIpc) is 3.26. The molecule has 0 amide bonds. The number of esters is 1. The number of aliphatic hydroxyl groups excluding tert-OH is 3. The highest BCUT2D eigenvalue weighted by Crippen LogP contribution is 2.26. The van der Waals surface area contributed by atoms with Crippen LogP contribution in [0.1, 0.15) is 213 Å². The van der Waals surface area contributed by atoms with Crippen molar-refractivity contribution >= 4 is 16.4 Å². The maximum Gasteiger partial charge on any atom is 0.397 e. The van der Waals surface area contributed by atoms with Crippen molar-refractivity contribution in [2.75, 3.05) is 26.4 Å². The molecule has 0 bridgehead atoms. The van der Waals surface area contributed by atoms with Crippen LogP contribution in [0.3, 0.4) is 0 Å². The fourth-order valence-electron chi connectivity index (χ4n) is 7.64. The van der Waals surface area contributed by atoms with Gasteiger partial charge in [0.2, 0.25) is 0 Å². The molecule has 0 saturated carbocycles. The van der Waals surface area contributed by atoms with Crippen LogP contribution in [-0.2, 0) is 38.3 Å². The molecule has 0 aromatic carbocycles.